The minimum Gasteiger partial charge on any atom is -0.354 e. The number of aromatic nitrogens is 1. The van der Waals surface area contributed by atoms with Gasteiger partial charge in [-0.15, -0.1) is 4.83 Å². The van der Waals surface area contributed by atoms with Crippen LogP contribution in [0.25, 0.3) is 22.2 Å². The van der Waals surface area contributed by atoms with Crippen molar-refractivity contribution in [3.8, 4) is 11.3 Å². The zero-order valence-corrected chi connectivity index (χ0v) is 13.2. The third-order valence-electron chi connectivity index (χ3n) is 3.29. The van der Waals surface area contributed by atoms with Crippen molar-refractivity contribution in [1.82, 2.24) is 14.8 Å². The zero-order chi connectivity index (χ0) is 15.7. The smallest absolute Gasteiger partial charge is 0.253 e. The molecule has 0 unspecified atom stereocenters. The van der Waals surface area contributed by atoms with Gasteiger partial charge in [0.15, 0.2) is 0 Å². The van der Waals surface area contributed by atoms with E-state index in [1.807, 2.05) is 42.5 Å². The average Bonchev–Trinajstić information content (AvgIpc) is 2.90. The molecule has 2 aromatic carbocycles. The Hall–Kier alpha value is -2.15. The first-order valence-corrected chi connectivity index (χ1v) is 8.32. The SMILES string of the molecule is CN(C)NS(=O)(=O)c1ccc2cc(-c3ccccc3)[nH]c2c1. The van der Waals surface area contributed by atoms with Crippen molar-refractivity contribution in [2.45, 2.75) is 4.90 Å². The first-order chi connectivity index (χ1) is 10.5. The van der Waals surface area contributed by atoms with Crippen LogP contribution in [0.4, 0.5) is 0 Å². The molecule has 1 heterocycles. The number of aromatic amines is 1. The number of fused-ring (bicyclic) bond motifs is 1. The van der Waals surface area contributed by atoms with Crippen LogP contribution in [0.5, 0.6) is 0 Å². The molecule has 0 fully saturated rings. The lowest BCUT2D eigenvalue weighted by atomic mass is 10.1. The molecule has 0 saturated carbocycles. The van der Waals surface area contributed by atoms with E-state index < -0.39 is 10.0 Å². The molecule has 0 aliphatic rings. The summed E-state index contributed by atoms with van der Waals surface area (Å²) in [6.07, 6.45) is 0. The summed E-state index contributed by atoms with van der Waals surface area (Å²) in [4.78, 5) is 5.93. The Morgan fingerprint density at radius 1 is 1.00 bits per heavy atom. The van der Waals surface area contributed by atoms with Gasteiger partial charge < -0.3 is 4.98 Å². The molecule has 3 rings (SSSR count). The fraction of sp³-hybridized carbons (Fsp3) is 0.125. The van der Waals surface area contributed by atoms with E-state index >= 15 is 0 Å². The molecule has 3 aromatic rings. The number of nitrogens with zero attached hydrogens (tertiary/aromatic N) is 1. The summed E-state index contributed by atoms with van der Waals surface area (Å²) in [7, 11) is -0.276. The standard InChI is InChI=1S/C16H17N3O2S/c1-19(2)18-22(20,21)14-9-8-13-10-15(17-16(13)11-14)12-6-4-3-5-7-12/h3-11,17-18H,1-2H3. The normalized spacial score (nSPS) is 12.1. The Balaban J connectivity index is 2.04. The molecule has 0 radical (unpaired) electrons. The Kier molecular flexibility index (Phi) is 3.74. The van der Waals surface area contributed by atoms with Crippen LogP contribution in [-0.4, -0.2) is 32.5 Å². The highest BCUT2D eigenvalue weighted by atomic mass is 32.2. The molecular weight excluding hydrogens is 298 g/mol. The minimum atomic E-state index is -3.55. The lowest BCUT2D eigenvalue weighted by Gasteiger charge is -2.12. The fourth-order valence-electron chi connectivity index (χ4n) is 2.34. The number of hydrogen-bond acceptors (Lipinski definition) is 3. The van der Waals surface area contributed by atoms with E-state index in [9.17, 15) is 8.42 Å². The lowest BCUT2D eigenvalue weighted by molar-refractivity contribution is 0.364. The van der Waals surface area contributed by atoms with Gasteiger partial charge in [-0.1, -0.05) is 36.4 Å². The molecule has 1 aromatic heterocycles. The van der Waals surface area contributed by atoms with Crippen LogP contribution >= 0.6 is 0 Å². The Morgan fingerprint density at radius 2 is 1.73 bits per heavy atom. The van der Waals surface area contributed by atoms with Crippen LogP contribution < -0.4 is 4.83 Å². The van der Waals surface area contributed by atoms with Gasteiger partial charge >= 0.3 is 0 Å². The molecule has 0 aliphatic carbocycles. The Morgan fingerprint density at radius 3 is 2.41 bits per heavy atom. The van der Waals surface area contributed by atoms with Crippen molar-refractivity contribution in [1.29, 1.82) is 0 Å². The van der Waals surface area contributed by atoms with Gasteiger partial charge in [-0.05, 0) is 23.8 Å². The largest absolute Gasteiger partial charge is 0.354 e. The number of rotatable bonds is 4. The van der Waals surface area contributed by atoms with Crippen molar-refractivity contribution >= 4 is 20.9 Å². The van der Waals surface area contributed by atoms with Crippen LogP contribution in [0.1, 0.15) is 0 Å². The average molecular weight is 315 g/mol. The topological polar surface area (TPSA) is 65.2 Å². The molecule has 0 atom stereocenters. The van der Waals surface area contributed by atoms with E-state index in [4.69, 9.17) is 0 Å². The van der Waals surface area contributed by atoms with Crippen LogP contribution in [0.2, 0.25) is 0 Å². The summed E-state index contributed by atoms with van der Waals surface area (Å²) in [5.41, 5.74) is 2.82. The fourth-order valence-corrected chi connectivity index (χ4v) is 3.45. The predicted molar refractivity (Wildman–Crippen MR) is 87.7 cm³/mol. The first-order valence-electron chi connectivity index (χ1n) is 6.84. The van der Waals surface area contributed by atoms with Crippen LogP contribution in [0.3, 0.4) is 0 Å². The highest BCUT2D eigenvalue weighted by Gasteiger charge is 2.16. The number of hydrogen-bond donors (Lipinski definition) is 2. The monoisotopic (exact) mass is 315 g/mol. The number of nitrogens with one attached hydrogen (secondary N) is 2. The van der Waals surface area contributed by atoms with Gasteiger partial charge in [-0.3, -0.25) is 0 Å². The maximum Gasteiger partial charge on any atom is 0.253 e. The van der Waals surface area contributed by atoms with E-state index in [-0.39, 0.29) is 4.90 Å². The van der Waals surface area contributed by atoms with Crippen molar-refractivity contribution in [2.75, 3.05) is 14.1 Å². The molecule has 0 aliphatic heterocycles. The molecule has 5 nitrogen and oxygen atoms in total. The van der Waals surface area contributed by atoms with E-state index in [1.54, 1.807) is 26.2 Å². The maximum atomic E-state index is 12.2. The molecule has 2 N–H and O–H groups in total. The molecule has 0 bridgehead atoms. The summed E-state index contributed by atoms with van der Waals surface area (Å²) in [6.45, 7) is 0. The Bertz CT molecular complexity index is 900. The van der Waals surface area contributed by atoms with E-state index in [0.717, 1.165) is 22.2 Å². The second-order valence-corrected chi connectivity index (χ2v) is 6.95. The lowest BCUT2D eigenvalue weighted by Crippen LogP contribution is -2.36. The van der Waals surface area contributed by atoms with Crippen LogP contribution in [0.15, 0.2) is 59.5 Å². The number of hydrazine groups is 1. The van der Waals surface area contributed by atoms with Gasteiger partial charge in [-0.2, -0.15) is 0 Å². The van der Waals surface area contributed by atoms with E-state index in [0.29, 0.717) is 0 Å². The van der Waals surface area contributed by atoms with Crippen molar-refractivity contribution in [2.24, 2.45) is 0 Å². The Labute approximate surface area is 129 Å². The molecular formula is C16H17N3O2S. The first kappa shape index (κ1) is 14.8. The van der Waals surface area contributed by atoms with Crippen molar-refractivity contribution in [3.63, 3.8) is 0 Å². The zero-order valence-electron chi connectivity index (χ0n) is 12.4. The van der Waals surface area contributed by atoms with Crippen LogP contribution in [-0.2, 0) is 10.0 Å². The van der Waals surface area contributed by atoms with Gasteiger partial charge in [-0.25, -0.2) is 13.4 Å². The van der Waals surface area contributed by atoms with Crippen molar-refractivity contribution in [3.05, 3.63) is 54.6 Å². The number of benzene rings is 2. The van der Waals surface area contributed by atoms with Gasteiger partial charge in [0.2, 0.25) is 0 Å². The summed E-state index contributed by atoms with van der Waals surface area (Å²) in [5, 5.41) is 2.38. The quantitative estimate of drug-likeness (QED) is 0.727. The second kappa shape index (κ2) is 5.57. The number of H-pyrrole nitrogens is 1. The summed E-state index contributed by atoms with van der Waals surface area (Å²) >= 11 is 0. The predicted octanol–water partition coefficient (Wildman–Crippen LogP) is 2.59. The van der Waals surface area contributed by atoms with Gasteiger partial charge in [0, 0.05) is 30.7 Å². The molecule has 22 heavy (non-hydrogen) atoms. The van der Waals surface area contributed by atoms with Gasteiger partial charge in [0.1, 0.15) is 0 Å². The summed E-state index contributed by atoms with van der Waals surface area (Å²) in [5.74, 6) is 0. The van der Waals surface area contributed by atoms with E-state index in [1.165, 1.54) is 5.01 Å². The third kappa shape index (κ3) is 2.89. The second-order valence-electron chi connectivity index (χ2n) is 5.29. The number of sulfonamides is 1. The molecule has 114 valence electrons. The van der Waals surface area contributed by atoms with Gasteiger partial charge in [0.05, 0.1) is 4.90 Å². The molecule has 0 saturated heterocycles. The maximum absolute atomic E-state index is 12.2. The van der Waals surface area contributed by atoms with Crippen LogP contribution in [0, 0.1) is 0 Å². The highest BCUT2D eigenvalue weighted by Crippen LogP contribution is 2.25. The highest BCUT2D eigenvalue weighted by molar-refractivity contribution is 7.89. The summed E-state index contributed by atoms with van der Waals surface area (Å²) in [6, 6.07) is 17.0. The molecule has 0 spiro atoms. The molecule has 0 amide bonds. The third-order valence-corrected chi connectivity index (χ3v) is 4.77. The van der Waals surface area contributed by atoms with Gasteiger partial charge in [0.25, 0.3) is 10.0 Å². The summed E-state index contributed by atoms with van der Waals surface area (Å²) < 4.78 is 24.4. The van der Waals surface area contributed by atoms with Crippen molar-refractivity contribution < 1.29 is 8.42 Å². The van der Waals surface area contributed by atoms with E-state index in [2.05, 4.69) is 9.82 Å². The molecule has 6 heteroatoms. The minimum absolute atomic E-state index is 0.232.